The van der Waals surface area contributed by atoms with E-state index in [0.717, 1.165) is 42.3 Å². The number of benzene rings is 2. The first-order chi connectivity index (χ1) is 16.1. The van der Waals surface area contributed by atoms with Gasteiger partial charge in [-0.05, 0) is 23.6 Å². The number of hydrogen-bond acceptors (Lipinski definition) is 6. The molecular formula is C26H28FN5O. The molecule has 7 heteroatoms. The van der Waals surface area contributed by atoms with Crippen LogP contribution in [0, 0.1) is 5.82 Å². The lowest BCUT2D eigenvalue weighted by Crippen LogP contribution is -2.56. The molecule has 2 atom stereocenters. The highest BCUT2D eigenvalue weighted by Gasteiger charge is 2.28. The minimum atomic E-state index is -0.458. The fourth-order valence-corrected chi connectivity index (χ4v) is 4.69. The molecule has 1 aliphatic rings. The Bertz CT molecular complexity index is 1290. The molecule has 1 saturated heterocycles. The topological polar surface area (TPSA) is 63.2 Å². The third-order valence-corrected chi connectivity index (χ3v) is 6.51. The van der Waals surface area contributed by atoms with Crippen LogP contribution in [0.3, 0.4) is 0 Å². The Morgan fingerprint density at radius 1 is 1.00 bits per heavy atom. The van der Waals surface area contributed by atoms with Crippen molar-refractivity contribution in [3.8, 4) is 17.3 Å². The van der Waals surface area contributed by atoms with Crippen LogP contribution in [-0.4, -0.2) is 47.2 Å². The van der Waals surface area contributed by atoms with Crippen molar-refractivity contribution in [1.29, 1.82) is 0 Å². The molecule has 3 heterocycles. The van der Waals surface area contributed by atoms with Gasteiger partial charge in [-0.25, -0.2) is 4.39 Å². The maximum atomic E-state index is 16.0. The molecule has 5 rings (SSSR count). The van der Waals surface area contributed by atoms with Gasteiger partial charge < -0.3 is 15.0 Å². The highest BCUT2D eigenvalue weighted by atomic mass is 19.1. The van der Waals surface area contributed by atoms with Crippen LogP contribution in [0.4, 0.5) is 10.2 Å². The van der Waals surface area contributed by atoms with Gasteiger partial charge in [0.2, 0.25) is 0 Å². The standard InChI is InChI=1S/C26H28FN5O/c1-4-17-14-32(15-18(5-2)29-17)25-21-13-28-23(22(27)24(21)30-26(31-25)33-3)20-12-8-10-16-9-6-7-11-19(16)20/h6-13,17-18,29H,4-5,14-15H2,1-3H3. The molecule has 1 N–H and O–H groups in total. The Morgan fingerprint density at radius 2 is 1.73 bits per heavy atom. The number of ether oxygens (including phenoxy) is 1. The molecule has 4 aromatic rings. The third kappa shape index (κ3) is 3.86. The lowest BCUT2D eigenvalue weighted by atomic mass is 10.0. The zero-order valence-electron chi connectivity index (χ0n) is 19.2. The fourth-order valence-electron chi connectivity index (χ4n) is 4.69. The number of halogens is 1. The molecule has 0 saturated carbocycles. The molecular weight excluding hydrogens is 417 g/mol. The molecule has 6 nitrogen and oxygen atoms in total. The lowest BCUT2D eigenvalue weighted by molar-refractivity contribution is 0.352. The maximum Gasteiger partial charge on any atom is 0.318 e. The highest BCUT2D eigenvalue weighted by Crippen LogP contribution is 2.35. The first kappa shape index (κ1) is 21.5. The van der Waals surface area contributed by atoms with Crippen molar-refractivity contribution in [3.63, 3.8) is 0 Å². The highest BCUT2D eigenvalue weighted by molar-refractivity contribution is 5.99. The first-order valence-electron chi connectivity index (χ1n) is 11.5. The second-order valence-corrected chi connectivity index (χ2v) is 8.53. The Morgan fingerprint density at radius 3 is 2.45 bits per heavy atom. The number of rotatable bonds is 5. The molecule has 2 aromatic heterocycles. The van der Waals surface area contributed by atoms with E-state index in [0.29, 0.717) is 23.3 Å². The average molecular weight is 446 g/mol. The van der Waals surface area contributed by atoms with Gasteiger partial charge >= 0.3 is 6.01 Å². The van der Waals surface area contributed by atoms with E-state index in [1.165, 1.54) is 7.11 Å². The van der Waals surface area contributed by atoms with Crippen molar-refractivity contribution < 1.29 is 9.13 Å². The normalized spacial score (nSPS) is 18.7. The number of anilines is 1. The SMILES string of the molecule is CCC1CN(c2nc(OC)nc3c(F)c(-c4cccc5ccccc45)ncc23)CC(CC)N1. The largest absolute Gasteiger partial charge is 0.467 e. The Hall–Kier alpha value is -3.32. The van der Waals surface area contributed by atoms with Crippen molar-refractivity contribution in [2.75, 3.05) is 25.1 Å². The van der Waals surface area contributed by atoms with E-state index in [9.17, 15) is 0 Å². The molecule has 0 amide bonds. The number of piperazine rings is 1. The number of fused-ring (bicyclic) bond motifs is 2. The summed E-state index contributed by atoms with van der Waals surface area (Å²) in [6.07, 6.45) is 3.71. The number of pyridine rings is 1. The van der Waals surface area contributed by atoms with Gasteiger partial charge in [0.1, 0.15) is 17.0 Å². The minimum absolute atomic E-state index is 0.158. The van der Waals surface area contributed by atoms with Gasteiger partial charge in [-0.2, -0.15) is 9.97 Å². The van der Waals surface area contributed by atoms with E-state index in [-0.39, 0.29) is 17.2 Å². The molecule has 170 valence electrons. The molecule has 1 aliphatic heterocycles. The molecule has 2 unspecified atom stereocenters. The van der Waals surface area contributed by atoms with E-state index in [1.54, 1.807) is 6.20 Å². The van der Waals surface area contributed by atoms with Crippen LogP contribution >= 0.6 is 0 Å². The van der Waals surface area contributed by atoms with Gasteiger partial charge in [0.25, 0.3) is 0 Å². The molecule has 0 radical (unpaired) electrons. The van der Waals surface area contributed by atoms with Crippen molar-refractivity contribution in [1.82, 2.24) is 20.3 Å². The molecule has 1 fully saturated rings. The lowest BCUT2D eigenvalue weighted by Gasteiger charge is -2.39. The second-order valence-electron chi connectivity index (χ2n) is 8.53. The smallest absolute Gasteiger partial charge is 0.318 e. The third-order valence-electron chi connectivity index (χ3n) is 6.51. The van der Waals surface area contributed by atoms with E-state index in [2.05, 4.69) is 39.0 Å². The van der Waals surface area contributed by atoms with Crippen LogP contribution in [0.25, 0.3) is 32.9 Å². The quantitative estimate of drug-likeness (QED) is 0.469. The van der Waals surface area contributed by atoms with Gasteiger partial charge in [-0.3, -0.25) is 4.98 Å². The summed E-state index contributed by atoms with van der Waals surface area (Å²) in [4.78, 5) is 15.8. The maximum absolute atomic E-state index is 16.0. The molecule has 0 bridgehead atoms. The Labute approximate surface area is 192 Å². The van der Waals surface area contributed by atoms with E-state index in [4.69, 9.17) is 4.74 Å². The zero-order valence-corrected chi connectivity index (χ0v) is 19.2. The number of hydrogen-bond donors (Lipinski definition) is 1. The fraction of sp³-hybridized carbons (Fsp3) is 0.346. The summed E-state index contributed by atoms with van der Waals surface area (Å²) in [5.41, 5.74) is 1.25. The van der Waals surface area contributed by atoms with Gasteiger partial charge in [-0.15, -0.1) is 0 Å². The van der Waals surface area contributed by atoms with Crippen LogP contribution in [0.1, 0.15) is 26.7 Å². The molecule has 0 spiro atoms. The summed E-state index contributed by atoms with van der Waals surface area (Å²) in [6, 6.07) is 14.6. The Balaban J connectivity index is 1.68. The summed E-state index contributed by atoms with van der Waals surface area (Å²) in [6.45, 7) is 5.92. The van der Waals surface area contributed by atoms with Gasteiger partial charge in [0.05, 0.1) is 12.5 Å². The van der Waals surface area contributed by atoms with Crippen LogP contribution in [0.15, 0.2) is 48.7 Å². The summed E-state index contributed by atoms with van der Waals surface area (Å²) < 4.78 is 21.4. The minimum Gasteiger partial charge on any atom is -0.467 e. The predicted octanol–water partition coefficient (Wildman–Crippen LogP) is 4.96. The molecule has 0 aliphatic carbocycles. The van der Waals surface area contributed by atoms with Crippen LogP contribution in [0.5, 0.6) is 6.01 Å². The van der Waals surface area contributed by atoms with Gasteiger partial charge in [-0.1, -0.05) is 56.3 Å². The van der Waals surface area contributed by atoms with Crippen molar-refractivity contribution in [2.45, 2.75) is 38.8 Å². The average Bonchev–Trinajstić information content (AvgIpc) is 2.87. The van der Waals surface area contributed by atoms with Crippen LogP contribution in [0.2, 0.25) is 0 Å². The summed E-state index contributed by atoms with van der Waals surface area (Å²) in [5, 5.41) is 6.27. The summed E-state index contributed by atoms with van der Waals surface area (Å²) >= 11 is 0. The van der Waals surface area contributed by atoms with E-state index in [1.807, 2.05) is 42.5 Å². The second kappa shape index (κ2) is 8.90. The molecule has 33 heavy (non-hydrogen) atoms. The van der Waals surface area contributed by atoms with Crippen molar-refractivity contribution >= 4 is 27.5 Å². The van der Waals surface area contributed by atoms with Crippen LogP contribution in [-0.2, 0) is 0 Å². The predicted molar refractivity (Wildman–Crippen MR) is 130 cm³/mol. The first-order valence-corrected chi connectivity index (χ1v) is 11.5. The number of aromatic nitrogens is 3. The Kier molecular flexibility index (Phi) is 5.81. The van der Waals surface area contributed by atoms with Gasteiger partial charge in [0.15, 0.2) is 5.82 Å². The van der Waals surface area contributed by atoms with Crippen molar-refractivity contribution in [3.05, 3.63) is 54.5 Å². The number of nitrogens with zero attached hydrogens (tertiary/aromatic N) is 4. The van der Waals surface area contributed by atoms with Gasteiger partial charge in [0, 0.05) is 36.9 Å². The summed E-state index contributed by atoms with van der Waals surface area (Å²) in [5.74, 6) is 0.214. The van der Waals surface area contributed by atoms with E-state index >= 15 is 4.39 Å². The number of nitrogens with one attached hydrogen (secondary N) is 1. The molecule has 2 aromatic carbocycles. The van der Waals surface area contributed by atoms with Crippen molar-refractivity contribution in [2.24, 2.45) is 0 Å². The van der Waals surface area contributed by atoms with Crippen LogP contribution < -0.4 is 15.0 Å². The number of methoxy groups -OCH3 is 1. The summed E-state index contributed by atoms with van der Waals surface area (Å²) in [7, 11) is 1.51. The monoisotopic (exact) mass is 445 g/mol. The zero-order chi connectivity index (χ0) is 22.9. The van der Waals surface area contributed by atoms with E-state index < -0.39 is 5.82 Å².